The first-order valence-corrected chi connectivity index (χ1v) is 18.7. The lowest BCUT2D eigenvalue weighted by Crippen LogP contribution is -2.54. The minimum atomic E-state index is -3.58. The average Bonchev–Trinajstić information content (AvgIpc) is 3.31. The maximum absolute atomic E-state index is 14.3. The summed E-state index contributed by atoms with van der Waals surface area (Å²) in [5, 5.41) is 21.7. The highest BCUT2D eigenvalue weighted by Gasteiger charge is 2.60. The van der Waals surface area contributed by atoms with Crippen molar-refractivity contribution in [2.24, 2.45) is 46.3 Å². The van der Waals surface area contributed by atoms with Crippen LogP contribution in [0.2, 0.25) is 0 Å². The maximum Gasteiger partial charge on any atom is 0.181 e. The summed E-state index contributed by atoms with van der Waals surface area (Å²) in [6.45, 7) is 5.76. The van der Waals surface area contributed by atoms with Crippen molar-refractivity contribution in [1.29, 1.82) is 0 Å². The number of aliphatic hydroxyl groups is 2. The molecule has 1 aromatic carbocycles. The van der Waals surface area contributed by atoms with E-state index in [0.29, 0.717) is 66.3 Å². The molecule has 5 saturated carbocycles. The molecule has 0 aliphatic heterocycles. The number of methoxy groups -OCH3 is 1. The molecule has 6 heteroatoms. The Morgan fingerprint density at radius 2 is 1.57 bits per heavy atom. The Labute approximate surface area is 255 Å². The molecule has 0 aromatic heterocycles. The molecule has 5 nitrogen and oxygen atoms in total. The molecule has 42 heavy (non-hydrogen) atoms. The molecule has 0 radical (unpaired) electrons. The smallest absolute Gasteiger partial charge is 0.181 e. The van der Waals surface area contributed by atoms with Gasteiger partial charge in [-0.3, -0.25) is 0 Å². The lowest BCUT2D eigenvalue weighted by molar-refractivity contribution is -0.127. The van der Waals surface area contributed by atoms with Gasteiger partial charge >= 0.3 is 0 Å². The largest absolute Gasteiger partial charge is 0.393 e. The van der Waals surface area contributed by atoms with Gasteiger partial charge in [0.1, 0.15) is 0 Å². The third kappa shape index (κ3) is 5.54. The number of benzene rings is 1. The number of sulfone groups is 1. The standard InChI is InChI=1S/C36H56O5S/c1-34-17-15-28(37)21-26(34)9-11-31-32-12-10-27(35(32,2)18-16-33(31)34)22-30(42(39,40)29-7-5-4-6-8-29)23-36(38)19-13-25(14-20-36)24-41-3/h4-8,25-28,30-33,37-38H,9-24H2,1-3H3/t25?,26?,27-,28+,30?,31+,32?,33?,34?,35-,36?/m1/s1. The van der Waals surface area contributed by atoms with Crippen LogP contribution >= 0.6 is 0 Å². The molecule has 5 fully saturated rings. The van der Waals surface area contributed by atoms with Crippen molar-refractivity contribution in [2.45, 2.75) is 132 Å². The van der Waals surface area contributed by atoms with E-state index in [1.165, 1.54) is 32.1 Å². The van der Waals surface area contributed by atoms with Gasteiger partial charge in [-0.25, -0.2) is 8.42 Å². The Balaban J connectivity index is 1.23. The second kappa shape index (κ2) is 11.8. The van der Waals surface area contributed by atoms with Crippen molar-refractivity contribution in [2.75, 3.05) is 13.7 Å². The molecule has 5 aliphatic carbocycles. The van der Waals surface area contributed by atoms with E-state index in [1.807, 2.05) is 18.2 Å². The van der Waals surface area contributed by atoms with Gasteiger partial charge in [-0.05, 0) is 155 Å². The van der Waals surface area contributed by atoms with Crippen LogP contribution < -0.4 is 0 Å². The molecular formula is C36H56O5S. The van der Waals surface area contributed by atoms with Crippen molar-refractivity contribution in [1.82, 2.24) is 0 Å². The van der Waals surface area contributed by atoms with Crippen LogP contribution in [0.4, 0.5) is 0 Å². The number of hydrogen-bond acceptors (Lipinski definition) is 5. The number of rotatable bonds is 8. The molecule has 5 aliphatic rings. The summed E-state index contributed by atoms with van der Waals surface area (Å²) < 4.78 is 33.9. The predicted molar refractivity (Wildman–Crippen MR) is 167 cm³/mol. The van der Waals surface area contributed by atoms with Crippen LogP contribution in [0.25, 0.3) is 0 Å². The van der Waals surface area contributed by atoms with Gasteiger partial charge in [0.25, 0.3) is 0 Å². The molecule has 2 N–H and O–H groups in total. The molecular weight excluding hydrogens is 544 g/mol. The van der Waals surface area contributed by atoms with Gasteiger partial charge in [-0.2, -0.15) is 0 Å². The lowest BCUT2D eigenvalue weighted by Gasteiger charge is -2.61. The van der Waals surface area contributed by atoms with Gasteiger partial charge in [0, 0.05) is 13.7 Å². The Kier molecular flexibility index (Phi) is 8.70. The van der Waals surface area contributed by atoms with Crippen LogP contribution in [0.1, 0.15) is 110 Å². The van der Waals surface area contributed by atoms with Crippen LogP contribution in [0.15, 0.2) is 35.2 Å². The molecule has 0 bridgehead atoms. The van der Waals surface area contributed by atoms with Crippen molar-refractivity contribution in [3.63, 3.8) is 0 Å². The van der Waals surface area contributed by atoms with E-state index in [4.69, 9.17) is 4.74 Å². The quantitative estimate of drug-likeness (QED) is 0.330. The zero-order valence-corrected chi connectivity index (χ0v) is 27.2. The van der Waals surface area contributed by atoms with E-state index < -0.39 is 20.7 Å². The van der Waals surface area contributed by atoms with Gasteiger partial charge in [-0.15, -0.1) is 0 Å². The van der Waals surface area contributed by atoms with Crippen molar-refractivity contribution >= 4 is 9.84 Å². The lowest BCUT2D eigenvalue weighted by atomic mass is 9.44. The van der Waals surface area contributed by atoms with Gasteiger partial charge in [0.15, 0.2) is 9.84 Å². The first-order valence-electron chi connectivity index (χ1n) is 17.2. The molecule has 0 saturated heterocycles. The van der Waals surface area contributed by atoms with Crippen molar-refractivity contribution in [3.05, 3.63) is 30.3 Å². The van der Waals surface area contributed by atoms with E-state index in [0.717, 1.165) is 50.4 Å². The normalized spacial score (nSPS) is 44.5. The van der Waals surface area contributed by atoms with Gasteiger partial charge in [-0.1, -0.05) is 32.0 Å². The first kappa shape index (κ1) is 31.0. The predicted octanol–water partition coefficient (Wildman–Crippen LogP) is 7.20. The molecule has 0 amide bonds. The molecule has 5 unspecified atom stereocenters. The number of fused-ring (bicyclic) bond motifs is 5. The zero-order valence-electron chi connectivity index (χ0n) is 26.3. The topological polar surface area (TPSA) is 83.8 Å². The maximum atomic E-state index is 14.3. The Hall–Kier alpha value is -0.950. The summed E-state index contributed by atoms with van der Waals surface area (Å²) in [6, 6.07) is 9.01. The third-order valence-electron chi connectivity index (χ3n) is 13.9. The number of aliphatic hydroxyl groups excluding tert-OH is 1. The van der Waals surface area contributed by atoms with Crippen LogP contribution in [0.5, 0.6) is 0 Å². The Morgan fingerprint density at radius 3 is 2.29 bits per heavy atom. The second-order valence-electron chi connectivity index (χ2n) is 15.9. The fraction of sp³-hybridized carbons (Fsp3) is 0.833. The van der Waals surface area contributed by atoms with E-state index in [1.54, 1.807) is 19.2 Å². The fourth-order valence-electron chi connectivity index (χ4n) is 11.4. The minimum absolute atomic E-state index is 0.113. The highest BCUT2D eigenvalue weighted by atomic mass is 32.2. The fourth-order valence-corrected chi connectivity index (χ4v) is 13.4. The molecule has 6 rings (SSSR count). The summed E-state index contributed by atoms with van der Waals surface area (Å²) in [4.78, 5) is 0.404. The van der Waals surface area contributed by atoms with E-state index >= 15 is 0 Å². The highest BCUT2D eigenvalue weighted by molar-refractivity contribution is 7.92. The van der Waals surface area contributed by atoms with Crippen LogP contribution in [-0.4, -0.2) is 49.3 Å². The van der Waals surface area contributed by atoms with E-state index in [2.05, 4.69) is 13.8 Å². The average molecular weight is 601 g/mol. The van der Waals surface area contributed by atoms with E-state index in [-0.39, 0.29) is 11.5 Å². The molecule has 1 aromatic rings. The molecule has 236 valence electrons. The van der Waals surface area contributed by atoms with Crippen LogP contribution in [-0.2, 0) is 14.6 Å². The first-order chi connectivity index (χ1) is 20.0. The van der Waals surface area contributed by atoms with Crippen LogP contribution in [0.3, 0.4) is 0 Å². The highest BCUT2D eigenvalue weighted by Crippen LogP contribution is 2.68. The summed E-state index contributed by atoms with van der Waals surface area (Å²) >= 11 is 0. The molecule has 0 spiro atoms. The Morgan fingerprint density at radius 1 is 0.881 bits per heavy atom. The SMILES string of the molecule is COCC1CCC(O)(CC(C[C@H]2CCC3[C@@H]4CCC5C[C@@H](O)CCC5(C)C4CC[C@@]32C)S(=O)(=O)c2ccccc2)CC1. The number of ether oxygens (including phenoxy) is 1. The Bertz CT molecular complexity index is 1180. The number of hydrogen-bond donors (Lipinski definition) is 2. The zero-order chi connectivity index (χ0) is 29.8. The molecule has 9 atom stereocenters. The monoisotopic (exact) mass is 600 g/mol. The van der Waals surface area contributed by atoms with Gasteiger partial charge in [0.05, 0.1) is 21.9 Å². The second-order valence-corrected chi connectivity index (χ2v) is 18.2. The van der Waals surface area contributed by atoms with Crippen molar-refractivity contribution < 1.29 is 23.4 Å². The summed E-state index contributed by atoms with van der Waals surface area (Å²) in [5.74, 6) is 3.62. The minimum Gasteiger partial charge on any atom is -0.393 e. The summed E-state index contributed by atoms with van der Waals surface area (Å²) in [6.07, 6.45) is 14.4. The molecule has 0 heterocycles. The third-order valence-corrected chi connectivity index (χ3v) is 16.1. The summed E-state index contributed by atoms with van der Waals surface area (Å²) in [7, 11) is -1.84. The van der Waals surface area contributed by atoms with Gasteiger partial charge < -0.3 is 14.9 Å². The summed E-state index contributed by atoms with van der Waals surface area (Å²) in [5.41, 5.74) is -0.404. The van der Waals surface area contributed by atoms with Crippen LogP contribution in [0, 0.1) is 46.3 Å². The van der Waals surface area contributed by atoms with E-state index in [9.17, 15) is 18.6 Å². The van der Waals surface area contributed by atoms with Gasteiger partial charge in [0.2, 0.25) is 0 Å². The van der Waals surface area contributed by atoms with Crippen molar-refractivity contribution in [3.8, 4) is 0 Å².